The Kier molecular flexibility index (Phi) is 4.82. The van der Waals surface area contributed by atoms with Crippen LogP contribution in [0.25, 0.3) is 0 Å². The topological polar surface area (TPSA) is 84.2 Å². The maximum Gasteiger partial charge on any atom is 0.251 e. The molecule has 0 spiro atoms. The van der Waals surface area contributed by atoms with Crippen LogP contribution in [-0.4, -0.2) is 29.1 Å². The molecule has 2 rings (SSSR count). The first kappa shape index (κ1) is 16.8. The minimum atomic E-state index is -0.459. The molecule has 22 heavy (non-hydrogen) atoms. The number of fused-ring (bicyclic) bond motifs is 1. The average molecular weight is 321 g/mol. The molecule has 1 heterocycles. The third-order valence-electron chi connectivity index (χ3n) is 4.27. The van der Waals surface area contributed by atoms with Crippen LogP contribution >= 0.6 is 11.8 Å². The van der Waals surface area contributed by atoms with E-state index in [0.29, 0.717) is 17.8 Å². The van der Waals surface area contributed by atoms with Crippen molar-refractivity contribution in [3.05, 3.63) is 23.8 Å². The first-order valence-corrected chi connectivity index (χ1v) is 8.29. The molecule has 0 aromatic heterocycles. The molecule has 0 saturated carbocycles. The summed E-state index contributed by atoms with van der Waals surface area (Å²) in [5.74, 6) is 0.00143. The second-order valence-corrected chi connectivity index (χ2v) is 7.57. The predicted molar refractivity (Wildman–Crippen MR) is 90.2 cm³/mol. The molecule has 0 aliphatic carbocycles. The molecule has 5 nitrogen and oxygen atoms in total. The monoisotopic (exact) mass is 321 g/mol. The van der Waals surface area contributed by atoms with E-state index in [0.717, 1.165) is 4.90 Å². The van der Waals surface area contributed by atoms with Gasteiger partial charge in [0.2, 0.25) is 5.91 Å². The highest BCUT2D eigenvalue weighted by Gasteiger charge is 2.30. The summed E-state index contributed by atoms with van der Waals surface area (Å²) in [7, 11) is 0. The molecule has 1 aliphatic heterocycles. The zero-order valence-corrected chi connectivity index (χ0v) is 14.2. The van der Waals surface area contributed by atoms with Crippen LogP contribution in [0, 0.1) is 5.92 Å². The van der Waals surface area contributed by atoms with Crippen molar-refractivity contribution in [1.29, 1.82) is 0 Å². The number of carbonyl (C=O) groups excluding carboxylic acids is 2. The van der Waals surface area contributed by atoms with Crippen LogP contribution < -0.4 is 16.4 Å². The minimum absolute atomic E-state index is 0.0379. The summed E-state index contributed by atoms with van der Waals surface area (Å²) in [6, 6.07) is 5.38. The fourth-order valence-corrected chi connectivity index (χ4v) is 3.04. The molecule has 1 aromatic rings. The summed E-state index contributed by atoms with van der Waals surface area (Å²) in [4.78, 5) is 25.2. The second-order valence-electron chi connectivity index (χ2n) is 6.19. The number of anilines is 1. The highest BCUT2D eigenvalue weighted by Crippen LogP contribution is 2.36. The van der Waals surface area contributed by atoms with Crippen LogP contribution in [0.15, 0.2) is 23.1 Å². The first-order chi connectivity index (χ1) is 10.3. The van der Waals surface area contributed by atoms with Crippen molar-refractivity contribution in [3.63, 3.8) is 0 Å². The molecule has 1 aromatic carbocycles. The number of hydrogen-bond acceptors (Lipinski definition) is 4. The van der Waals surface area contributed by atoms with Gasteiger partial charge in [0, 0.05) is 17.0 Å². The van der Waals surface area contributed by atoms with Gasteiger partial charge < -0.3 is 16.4 Å². The fraction of sp³-hybridized carbons (Fsp3) is 0.500. The Morgan fingerprint density at radius 1 is 1.50 bits per heavy atom. The van der Waals surface area contributed by atoms with Gasteiger partial charge >= 0.3 is 0 Å². The summed E-state index contributed by atoms with van der Waals surface area (Å²) >= 11 is 1.50. The average Bonchev–Trinajstić information content (AvgIpc) is 2.47. The van der Waals surface area contributed by atoms with Gasteiger partial charge in [-0.15, -0.1) is 11.8 Å². The van der Waals surface area contributed by atoms with E-state index in [1.807, 2.05) is 33.8 Å². The quantitative estimate of drug-likeness (QED) is 0.794. The molecule has 2 amide bonds. The number of nitrogens with one attached hydrogen (secondary N) is 2. The first-order valence-electron chi connectivity index (χ1n) is 7.41. The Labute approximate surface area is 135 Å². The largest absolute Gasteiger partial charge is 0.345 e. The number of amides is 2. The Hall–Kier alpha value is -1.53. The van der Waals surface area contributed by atoms with Crippen LogP contribution in [-0.2, 0) is 4.79 Å². The van der Waals surface area contributed by atoms with Crippen molar-refractivity contribution < 1.29 is 9.59 Å². The van der Waals surface area contributed by atoms with E-state index in [4.69, 9.17) is 5.73 Å². The molecule has 0 saturated heterocycles. The maximum atomic E-state index is 12.5. The lowest BCUT2D eigenvalue weighted by Gasteiger charge is -2.33. The van der Waals surface area contributed by atoms with Gasteiger partial charge in [-0.25, -0.2) is 0 Å². The second kappa shape index (κ2) is 6.30. The van der Waals surface area contributed by atoms with Crippen molar-refractivity contribution in [2.45, 2.75) is 43.4 Å². The van der Waals surface area contributed by atoms with Gasteiger partial charge in [0.1, 0.15) is 0 Å². The summed E-state index contributed by atoms with van der Waals surface area (Å²) in [5, 5.41) is 5.73. The third-order valence-corrected chi connectivity index (χ3v) is 5.45. The van der Waals surface area contributed by atoms with E-state index < -0.39 is 5.54 Å². The van der Waals surface area contributed by atoms with E-state index in [-0.39, 0.29) is 23.0 Å². The summed E-state index contributed by atoms with van der Waals surface area (Å²) in [6.45, 7) is 8.22. The number of carbonyl (C=O) groups is 2. The summed E-state index contributed by atoms with van der Waals surface area (Å²) in [5.41, 5.74) is 6.56. The Balaban J connectivity index is 2.22. The number of hydrogen-bond donors (Lipinski definition) is 3. The number of benzene rings is 1. The van der Waals surface area contributed by atoms with E-state index in [2.05, 4.69) is 10.6 Å². The highest BCUT2D eigenvalue weighted by atomic mass is 32.2. The Bertz CT molecular complexity index is 603. The fourth-order valence-electron chi connectivity index (χ4n) is 2.11. The smallest absolute Gasteiger partial charge is 0.251 e. The number of rotatable bonds is 4. The van der Waals surface area contributed by atoms with E-state index in [9.17, 15) is 9.59 Å². The number of nitrogens with two attached hydrogens (primary N) is 1. The van der Waals surface area contributed by atoms with Crippen molar-refractivity contribution in [2.24, 2.45) is 11.7 Å². The Morgan fingerprint density at radius 3 is 2.77 bits per heavy atom. The molecule has 6 heteroatoms. The van der Waals surface area contributed by atoms with Crippen molar-refractivity contribution in [1.82, 2.24) is 5.32 Å². The van der Waals surface area contributed by atoms with Gasteiger partial charge in [0.05, 0.1) is 16.5 Å². The normalized spacial score (nSPS) is 20.1. The minimum Gasteiger partial charge on any atom is -0.345 e. The van der Waals surface area contributed by atoms with E-state index in [1.54, 1.807) is 12.1 Å². The van der Waals surface area contributed by atoms with Crippen LogP contribution in [0.5, 0.6) is 0 Å². The molecular weight excluding hydrogens is 298 g/mol. The predicted octanol–water partition coefficient (Wildman–Crippen LogP) is 2.22. The highest BCUT2D eigenvalue weighted by molar-refractivity contribution is 8.00. The van der Waals surface area contributed by atoms with Crippen molar-refractivity contribution in [2.75, 3.05) is 11.9 Å². The third kappa shape index (κ3) is 3.28. The molecule has 2 unspecified atom stereocenters. The molecular formula is C16H23N3O2S. The molecule has 120 valence electrons. The van der Waals surface area contributed by atoms with E-state index >= 15 is 0 Å². The SMILES string of the molecule is CC1Sc2ccc(C(=O)NC(C)(CN)C(C)C)cc2NC1=O. The van der Waals surface area contributed by atoms with Crippen LogP contribution in [0.4, 0.5) is 5.69 Å². The lowest BCUT2D eigenvalue weighted by Crippen LogP contribution is -2.55. The van der Waals surface area contributed by atoms with Gasteiger partial charge in [-0.3, -0.25) is 9.59 Å². The zero-order chi connectivity index (χ0) is 16.5. The van der Waals surface area contributed by atoms with Gasteiger partial charge in [-0.2, -0.15) is 0 Å². The molecule has 0 radical (unpaired) electrons. The van der Waals surface area contributed by atoms with Crippen LogP contribution in [0.1, 0.15) is 38.1 Å². The number of thioether (sulfide) groups is 1. The van der Waals surface area contributed by atoms with Crippen molar-refractivity contribution in [3.8, 4) is 0 Å². The molecule has 4 N–H and O–H groups in total. The lowest BCUT2D eigenvalue weighted by atomic mass is 9.88. The molecule has 2 atom stereocenters. The summed E-state index contributed by atoms with van der Waals surface area (Å²) in [6.07, 6.45) is 0. The van der Waals surface area contributed by atoms with E-state index in [1.165, 1.54) is 11.8 Å². The molecule has 0 bridgehead atoms. The van der Waals surface area contributed by atoms with Crippen LogP contribution in [0.3, 0.4) is 0 Å². The molecule has 1 aliphatic rings. The lowest BCUT2D eigenvalue weighted by molar-refractivity contribution is -0.115. The standard InChI is InChI=1S/C16H23N3O2S/c1-9(2)16(4,8-17)19-15(21)11-5-6-13-12(7-11)18-14(20)10(3)22-13/h5-7,9-10H,8,17H2,1-4H3,(H,18,20)(H,19,21). The van der Waals surface area contributed by atoms with Gasteiger partial charge in [-0.1, -0.05) is 13.8 Å². The van der Waals surface area contributed by atoms with Gasteiger partial charge in [0.25, 0.3) is 5.91 Å². The van der Waals surface area contributed by atoms with Gasteiger partial charge in [-0.05, 0) is 38.0 Å². The Morgan fingerprint density at radius 2 is 2.18 bits per heavy atom. The maximum absolute atomic E-state index is 12.5. The summed E-state index contributed by atoms with van der Waals surface area (Å²) < 4.78 is 0. The molecule has 0 fully saturated rings. The zero-order valence-electron chi connectivity index (χ0n) is 13.4. The van der Waals surface area contributed by atoms with Gasteiger partial charge in [0.15, 0.2) is 0 Å². The van der Waals surface area contributed by atoms with Crippen LogP contribution in [0.2, 0.25) is 0 Å². The van der Waals surface area contributed by atoms with Crippen molar-refractivity contribution >= 4 is 29.3 Å².